The van der Waals surface area contributed by atoms with Crippen LogP contribution in [-0.4, -0.2) is 45.5 Å². The molecule has 0 saturated heterocycles. The van der Waals surface area contributed by atoms with Gasteiger partial charge in [-0.2, -0.15) is 5.21 Å². The van der Waals surface area contributed by atoms with Crippen LogP contribution >= 0.6 is 0 Å². The van der Waals surface area contributed by atoms with Gasteiger partial charge in [0.1, 0.15) is 0 Å². The Morgan fingerprint density at radius 1 is 1.23 bits per heavy atom. The third-order valence-electron chi connectivity index (χ3n) is 6.62. The van der Waals surface area contributed by atoms with Crippen LogP contribution in [0.2, 0.25) is 0 Å². The van der Waals surface area contributed by atoms with Crippen LogP contribution in [0.15, 0.2) is 64.9 Å². The van der Waals surface area contributed by atoms with Crippen molar-refractivity contribution in [3.8, 4) is 17.3 Å². The summed E-state index contributed by atoms with van der Waals surface area (Å²) >= 11 is 0. The number of nitrogens with zero attached hydrogens (tertiary/aromatic N) is 8. The van der Waals surface area contributed by atoms with Gasteiger partial charge in [0.15, 0.2) is 0 Å². The number of hydrogen-bond acceptors (Lipinski definition) is 6. The molecule has 1 aromatic carbocycles. The molecule has 1 aliphatic rings. The molecule has 1 N–H and O–H groups in total. The van der Waals surface area contributed by atoms with Crippen LogP contribution in [0.1, 0.15) is 44.4 Å². The molecular formula is C25H29N9O. The molecule has 180 valence electrons. The van der Waals surface area contributed by atoms with Gasteiger partial charge in [-0.1, -0.05) is 37.6 Å². The Morgan fingerprint density at radius 3 is 2.89 bits per heavy atom. The number of unbranched alkanes of at least 4 members (excludes halogenated alkanes) is 1. The standard InChI is InChI=1S/C25H29N9O/c1-3-5-9-21-17-33(23-27-14-15-32(23)4-2)24(35)34(21)18-25(10-12-26-13-11-25)20-8-6-7-19(16-20)22-28-30-31-29-22/h6-8,10,12-17H,3-5,9,11,18H2,1-2H3,(H,28,29,30,31). The van der Waals surface area contributed by atoms with Crippen molar-refractivity contribution in [2.45, 2.75) is 58.0 Å². The van der Waals surface area contributed by atoms with Gasteiger partial charge in [0.2, 0.25) is 11.8 Å². The van der Waals surface area contributed by atoms with Gasteiger partial charge in [-0.05, 0) is 43.0 Å². The van der Waals surface area contributed by atoms with Crippen LogP contribution in [0.3, 0.4) is 0 Å². The van der Waals surface area contributed by atoms with E-state index in [0.29, 0.717) is 24.7 Å². The van der Waals surface area contributed by atoms with Crippen LogP contribution in [0.4, 0.5) is 0 Å². The van der Waals surface area contributed by atoms with E-state index in [2.05, 4.69) is 55.7 Å². The summed E-state index contributed by atoms with van der Waals surface area (Å²) in [7, 11) is 0. The Hall–Kier alpha value is -4.08. The number of imidazole rings is 2. The lowest BCUT2D eigenvalue weighted by Crippen LogP contribution is -2.37. The van der Waals surface area contributed by atoms with Gasteiger partial charge in [0, 0.05) is 60.8 Å². The van der Waals surface area contributed by atoms with Crippen molar-refractivity contribution in [1.82, 2.24) is 39.3 Å². The minimum Gasteiger partial charge on any atom is -0.317 e. The number of benzene rings is 1. The number of nitrogens with one attached hydrogen (secondary N) is 1. The number of tetrazole rings is 1. The monoisotopic (exact) mass is 471 g/mol. The lowest BCUT2D eigenvalue weighted by atomic mass is 9.76. The van der Waals surface area contributed by atoms with E-state index in [-0.39, 0.29) is 5.69 Å². The zero-order valence-electron chi connectivity index (χ0n) is 20.0. The Balaban J connectivity index is 1.61. The summed E-state index contributed by atoms with van der Waals surface area (Å²) in [6, 6.07) is 8.12. The maximum atomic E-state index is 13.8. The lowest BCUT2D eigenvalue weighted by Gasteiger charge is -2.32. The number of rotatable bonds is 9. The molecule has 0 spiro atoms. The van der Waals surface area contributed by atoms with Crippen LogP contribution in [-0.2, 0) is 24.9 Å². The molecule has 0 bridgehead atoms. The smallest absolute Gasteiger partial charge is 0.317 e. The first-order valence-corrected chi connectivity index (χ1v) is 12.0. The number of hydrogen-bond donors (Lipinski definition) is 1. The minimum absolute atomic E-state index is 0.0818. The van der Waals surface area contributed by atoms with E-state index in [1.807, 2.05) is 53.0 Å². The summed E-state index contributed by atoms with van der Waals surface area (Å²) in [5.41, 5.74) is 2.42. The summed E-state index contributed by atoms with van der Waals surface area (Å²) in [6.07, 6.45) is 15.0. The minimum atomic E-state index is -0.446. The highest BCUT2D eigenvalue weighted by Crippen LogP contribution is 2.35. The number of aromatic nitrogens is 8. The van der Waals surface area contributed by atoms with E-state index in [1.165, 1.54) is 0 Å². The summed E-state index contributed by atoms with van der Waals surface area (Å²) in [5.74, 6) is 1.18. The van der Waals surface area contributed by atoms with Crippen LogP contribution in [0.5, 0.6) is 0 Å². The average molecular weight is 472 g/mol. The zero-order valence-corrected chi connectivity index (χ0v) is 20.0. The SMILES string of the molecule is CCCCc1cn(-c2nccn2CC)c(=O)n1CC1(c2cccc(-c3nn[nH]n3)c2)C=CN=CC1. The van der Waals surface area contributed by atoms with Gasteiger partial charge in [-0.3, -0.25) is 9.56 Å². The Labute approximate surface area is 203 Å². The lowest BCUT2D eigenvalue weighted by molar-refractivity contribution is 0.438. The highest BCUT2D eigenvalue weighted by molar-refractivity contribution is 5.65. The molecule has 0 fully saturated rings. The fourth-order valence-electron chi connectivity index (χ4n) is 4.65. The summed E-state index contributed by atoms with van der Waals surface area (Å²) in [6.45, 7) is 5.43. The van der Waals surface area contributed by atoms with Crippen molar-refractivity contribution in [1.29, 1.82) is 0 Å². The number of H-pyrrole nitrogens is 1. The molecule has 0 radical (unpaired) electrons. The maximum Gasteiger partial charge on any atom is 0.335 e. The van der Waals surface area contributed by atoms with Gasteiger partial charge in [0.05, 0.1) is 0 Å². The van der Waals surface area contributed by atoms with Gasteiger partial charge in [-0.25, -0.2) is 14.3 Å². The maximum absolute atomic E-state index is 13.8. The highest BCUT2D eigenvalue weighted by atomic mass is 16.1. The van der Waals surface area contributed by atoms with E-state index in [9.17, 15) is 4.79 Å². The molecule has 3 aromatic heterocycles. The van der Waals surface area contributed by atoms with Gasteiger partial charge >= 0.3 is 5.69 Å². The fourth-order valence-corrected chi connectivity index (χ4v) is 4.65. The predicted octanol–water partition coefficient (Wildman–Crippen LogP) is 3.30. The second-order valence-electron chi connectivity index (χ2n) is 8.80. The molecule has 1 unspecified atom stereocenters. The first kappa shape index (κ1) is 22.7. The number of aliphatic imine (C=N–C) groups is 1. The van der Waals surface area contributed by atoms with Crippen molar-refractivity contribution in [2.24, 2.45) is 4.99 Å². The molecule has 0 aliphatic carbocycles. The second kappa shape index (κ2) is 9.65. The molecule has 10 nitrogen and oxygen atoms in total. The van der Waals surface area contributed by atoms with Crippen molar-refractivity contribution >= 4 is 6.21 Å². The molecule has 0 amide bonds. The third-order valence-corrected chi connectivity index (χ3v) is 6.62. The van der Waals surface area contributed by atoms with Crippen molar-refractivity contribution in [3.05, 3.63) is 76.9 Å². The summed E-state index contributed by atoms with van der Waals surface area (Å²) in [5, 5.41) is 14.5. The molecule has 35 heavy (non-hydrogen) atoms. The largest absolute Gasteiger partial charge is 0.335 e. The Kier molecular flexibility index (Phi) is 6.26. The number of aromatic amines is 1. The molecular weight excluding hydrogens is 442 g/mol. The average Bonchev–Trinajstić information content (AvgIpc) is 3.65. The quantitative estimate of drug-likeness (QED) is 0.403. The van der Waals surface area contributed by atoms with Gasteiger partial charge in [-0.15, -0.1) is 10.2 Å². The van der Waals surface area contributed by atoms with Crippen LogP contribution in [0.25, 0.3) is 17.3 Å². The number of aryl methyl sites for hydroxylation is 2. The molecule has 4 aromatic rings. The first-order chi connectivity index (χ1) is 17.1. The predicted molar refractivity (Wildman–Crippen MR) is 134 cm³/mol. The zero-order chi connectivity index (χ0) is 24.3. The summed E-state index contributed by atoms with van der Waals surface area (Å²) in [4.78, 5) is 22.6. The molecule has 4 heterocycles. The normalized spacial score (nSPS) is 17.3. The number of allylic oxidation sites excluding steroid dienone is 1. The van der Waals surface area contributed by atoms with Crippen LogP contribution < -0.4 is 5.69 Å². The second-order valence-corrected chi connectivity index (χ2v) is 8.80. The Morgan fingerprint density at radius 2 is 2.14 bits per heavy atom. The van der Waals surface area contributed by atoms with E-state index >= 15 is 0 Å². The van der Waals surface area contributed by atoms with E-state index in [4.69, 9.17) is 0 Å². The molecule has 1 atom stereocenters. The van der Waals surface area contributed by atoms with Gasteiger partial charge < -0.3 is 4.57 Å². The topological polar surface area (TPSA) is 112 Å². The molecule has 1 aliphatic heterocycles. The molecule has 0 saturated carbocycles. The molecule has 10 heteroatoms. The fraction of sp³-hybridized carbons (Fsp3) is 0.360. The third kappa shape index (κ3) is 4.27. The Bertz CT molecular complexity index is 1410. The van der Waals surface area contributed by atoms with E-state index in [1.54, 1.807) is 10.8 Å². The van der Waals surface area contributed by atoms with E-state index < -0.39 is 5.41 Å². The van der Waals surface area contributed by atoms with Crippen molar-refractivity contribution in [2.75, 3.05) is 0 Å². The summed E-state index contributed by atoms with van der Waals surface area (Å²) < 4.78 is 5.57. The first-order valence-electron chi connectivity index (χ1n) is 12.0. The highest BCUT2D eigenvalue weighted by Gasteiger charge is 2.33. The van der Waals surface area contributed by atoms with Crippen molar-refractivity contribution in [3.63, 3.8) is 0 Å². The van der Waals surface area contributed by atoms with Crippen molar-refractivity contribution < 1.29 is 0 Å². The van der Waals surface area contributed by atoms with Crippen LogP contribution in [0, 0.1) is 0 Å². The molecule has 5 rings (SSSR count). The van der Waals surface area contributed by atoms with Gasteiger partial charge in [0.25, 0.3) is 0 Å². The van der Waals surface area contributed by atoms with E-state index in [0.717, 1.165) is 42.6 Å².